The fraction of sp³-hybridized carbons (Fsp3) is 0.931. The van der Waals surface area contributed by atoms with E-state index < -0.39 is 0 Å². The molecule has 2 nitrogen and oxygen atoms in total. The smallest absolute Gasteiger partial charge is 0.157 e. The van der Waals surface area contributed by atoms with E-state index in [1.165, 1.54) is 133 Å². The number of alkyl halides is 1. The van der Waals surface area contributed by atoms with Gasteiger partial charge in [0.15, 0.2) is 6.29 Å². The van der Waals surface area contributed by atoms with E-state index in [1.807, 2.05) is 0 Å². The maximum atomic E-state index is 6.16. The van der Waals surface area contributed by atoms with Gasteiger partial charge in [-0.3, -0.25) is 0 Å². The zero-order valence-electron chi connectivity index (χ0n) is 21.9. The molecular weight excluding hydrogens is 507 g/mol. The van der Waals surface area contributed by atoms with Crippen LogP contribution in [0.4, 0.5) is 0 Å². The first kappa shape index (κ1) is 32.4. The van der Waals surface area contributed by atoms with Crippen LogP contribution >= 0.6 is 22.6 Å². The molecule has 32 heavy (non-hydrogen) atoms. The van der Waals surface area contributed by atoms with Gasteiger partial charge < -0.3 is 9.47 Å². The molecule has 0 spiro atoms. The van der Waals surface area contributed by atoms with Crippen molar-refractivity contribution < 1.29 is 9.47 Å². The third-order valence-electron chi connectivity index (χ3n) is 6.08. The van der Waals surface area contributed by atoms with Crippen LogP contribution in [0.1, 0.15) is 149 Å². The van der Waals surface area contributed by atoms with E-state index in [0.717, 1.165) is 19.6 Å². The SMILES string of the molecule is CCCCCCCCCOC(CCCCC/C=C\CCCI)OCCCCCCCCC. The van der Waals surface area contributed by atoms with Crippen LogP contribution in [0.5, 0.6) is 0 Å². The number of halogens is 1. The van der Waals surface area contributed by atoms with Crippen LogP contribution in [0.2, 0.25) is 0 Å². The summed E-state index contributed by atoms with van der Waals surface area (Å²) in [5, 5.41) is 0. The van der Waals surface area contributed by atoms with Crippen LogP contribution in [0.25, 0.3) is 0 Å². The largest absolute Gasteiger partial charge is 0.353 e. The first-order valence-electron chi connectivity index (χ1n) is 14.3. The molecule has 0 fully saturated rings. The van der Waals surface area contributed by atoms with Gasteiger partial charge in [0.1, 0.15) is 0 Å². The van der Waals surface area contributed by atoms with Crippen molar-refractivity contribution in [2.24, 2.45) is 0 Å². The van der Waals surface area contributed by atoms with E-state index in [1.54, 1.807) is 0 Å². The third kappa shape index (κ3) is 26.6. The van der Waals surface area contributed by atoms with Gasteiger partial charge in [-0.05, 0) is 55.8 Å². The minimum Gasteiger partial charge on any atom is -0.353 e. The highest BCUT2D eigenvalue weighted by atomic mass is 127. The predicted molar refractivity (Wildman–Crippen MR) is 152 cm³/mol. The molecule has 192 valence electrons. The van der Waals surface area contributed by atoms with Crippen molar-refractivity contribution in [3.8, 4) is 0 Å². The number of allylic oxidation sites excluding steroid dienone is 2. The number of hydrogen-bond donors (Lipinski definition) is 0. The lowest BCUT2D eigenvalue weighted by Gasteiger charge is -2.19. The van der Waals surface area contributed by atoms with Crippen molar-refractivity contribution in [2.45, 2.75) is 155 Å². The molecule has 0 saturated carbocycles. The van der Waals surface area contributed by atoms with E-state index in [4.69, 9.17) is 9.47 Å². The molecule has 0 aliphatic carbocycles. The average Bonchev–Trinajstić information content (AvgIpc) is 2.80. The molecule has 3 heteroatoms. The van der Waals surface area contributed by atoms with E-state index in [0.29, 0.717) is 0 Å². The maximum absolute atomic E-state index is 6.16. The fourth-order valence-corrected chi connectivity index (χ4v) is 4.38. The second-order valence-corrected chi connectivity index (χ2v) is 10.4. The molecule has 0 aromatic heterocycles. The van der Waals surface area contributed by atoms with Gasteiger partial charge in [-0.25, -0.2) is 0 Å². The van der Waals surface area contributed by atoms with Gasteiger partial charge in [0.2, 0.25) is 0 Å². The molecule has 0 unspecified atom stereocenters. The molecule has 0 aromatic rings. The first-order chi connectivity index (χ1) is 15.8. The molecule has 0 N–H and O–H groups in total. The highest BCUT2D eigenvalue weighted by Crippen LogP contribution is 2.14. The Kier molecular flexibility index (Phi) is 29.8. The number of hydrogen-bond acceptors (Lipinski definition) is 2. The second kappa shape index (κ2) is 29.4. The predicted octanol–water partition coefficient (Wildman–Crippen LogP) is 10.6. The molecule has 0 radical (unpaired) electrons. The Morgan fingerprint density at radius 2 is 0.969 bits per heavy atom. The van der Waals surface area contributed by atoms with Crippen LogP contribution in [0.15, 0.2) is 12.2 Å². The molecule has 0 aliphatic heterocycles. The van der Waals surface area contributed by atoms with Crippen molar-refractivity contribution in [3.05, 3.63) is 12.2 Å². The van der Waals surface area contributed by atoms with Gasteiger partial charge in [-0.2, -0.15) is 0 Å². The minimum atomic E-state index is 0.0226. The Morgan fingerprint density at radius 3 is 1.47 bits per heavy atom. The molecule has 0 atom stereocenters. The maximum Gasteiger partial charge on any atom is 0.157 e. The zero-order chi connectivity index (χ0) is 23.4. The number of ether oxygens (including phenoxy) is 2. The lowest BCUT2D eigenvalue weighted by Crippen LogP contribution is -2.19. The van der Waals surface area contributed by atoms with Crippen LogP contribution < -0.4 is 0 Å². The van der Waals surface area contributed by atoms with Crippen LogP contribution in [-0.4, -0.2) is 23.9 Å². The number of unbranched alkanes of at least 4 members (excludes halogenated alkanes) is 16. The highest BCUT2D eigenvalue weighted by Gasteiger charge is 2.09. The summed E-state index contributed by atoms with van der Waals surface area (Å²) in [6, 6.07) is 0. The van der Waals surface area contributed by atoms with E-state index in [9.17, 15) is 0 Å². The average molecular weight is 565 g/mol. The lowest BCUT2D eigenvalue weighted by atomic mass is 10.1. The van der Waals surface area contributed by atoms with E-state index in [2.05, 4.69) is 48.6 Å². The molecule has 0 aromatic carbocycles. The number of rotatable bonds is 27. The Bertz CT molecular complexity index is 339. The van der Waals surface area contributed by atoms with Gasteiger partial charge in [0.05, 0.1) is 0 Å². The van der Waals surface area contributed by atoms with Gasteiger partial charge in [-0.15, -0.1) is 0 Å². The lowest BCUT2D eigenvalue weighted by molar-refractivity contribution is -0.148. The molecule has 0 aliphatic rings. The quantitative estimate of drug-likeness (QED) is 0.0325. The normalized spacial score (nSPS) is 11.9. The Balaban J connectivity index is 3.89. The molecule has 0 saturated heterocycles. The molecule has 0 bridgehead atoms. The summed E-state index contributed by atoms with van der Waals surface area (Å²) in [4.78, 5) is 0. The zero-order valence-corrected chi connectivity index (χ0v) is 24.1. The summed E-state index contributed by atoms with van der Waals surface area (Å²) < 4.78 is 13.6. The van der Waals surface area contributed by atoms with Crippen molar-refractivity contribution in [1.29, 1.82) is 0 Å². The molecule has 0 amide bonds. The van der Waals surface area contributed by atoms with Crippen molar-refractivity contribution >= 4 is 22.6 Å². The van der Waals surface area contributed by atoms with Gasteiger partial charge in [0, 0.05) is 13.2 Å². The summed E-state index contributed by atoms with van der Waals surface area (Å²) >= 11 is 2.46. The second-order valence-electron chi connectivity index (χ2n) is 9.35. The van der Waals surface area contributed by atoms with Crippen LogP contribution in [0, 0.1) is 0 Å². The van der Waals surface area contributed by atoms with Crippen molar-refractivity contribution in [2.75, 3.05) is 17.6 Å². The van der Waals surface area contributed by atoms with Gasteiger partial charge >= 0.3 is 0 Å². The van der Waals surface area contributed by atoms with Gasteiger partial charge in [-0.1, -0.05) is 132 Å². The Morgan fingerprint density at radius 1 is 0.531 bits per heavy atom. The molecular formula is C29H57IO2. The summed E-state index contributed by atoms with van der Waals surface area (Å²) in [5.41, 5.74) is 0. The van der Waals surface area contributed by atoms with E-state index in [-0.39, 0.29) is 6.29 Å². The first-order valence-corrected chi connectivity index (χ1v) is 15.8. The van der Waals surface area contributed by atoms with Crippen molar-refractivity contribution in [3.63, 3.8) is 0 Å². The fourth-order valence-electron chi connectivity index (χ4n) is 3.94. The summed E-state index contributed by atoms with van der Waals surface area (Å²) in [6.07, 6.45) is 32.1. The Hall–Kier alpha value is 0.390. The van der Waals surface area contributed by atoms with Gasteiger partial charge in [0.25, 0.3) is 0 Å². The topological polar surface area (TPSA) is 18.5 Å². The van der Waals surface area contributed by atoms with E-state index >= 15 is 0 Å². The Labute approximate surface area is 216 Å². The standard InChI is InChI=1S/C29H57IO2/c1-3-5-7-9-15-19-23-27-31-29(32-28-24-20-16-10-8-6-4-2)25-21-17-13-11-12-14-18-22-26-30/h12,14,29H,3-11,13,15-28H2,1-2H3/b14-12-. The summed E-state index contributed by atoms with van der Waals surface area (Å²) in [6.45, 7) is 6.30. The highest BCUT2D eigenvalue weighted by molar-refractivity contribution is 14.1. The third-order valence-corrected chi connectivity index (χ3v) is 6.85. The molecule has 0 rings (SSSR count). The summed E-state index contributed by atoms with van der Waals surface area (Å²) in [5.74, 6) is 0. The molecule has 0 heterocycles. The van der Waals surface area contributed by atoms with Crippen molar-refractivity contribution in [1.82, 2.24) is 0 Å². The minimum absolute atomic E-state index is 0.0226. The summed E-state index contributed by atoms with van der Waals surface area (Å²) in [7, 11) is 0. The monoisotopic (exact) mass is 564 g/mol. The van der Waals surface area contributed by atoms with Crippen LogP contribution in [0.3, 0.4) is 0 Å². The van der Waals surface area contributed by atoms with Crippen LogP contribution in [-0.2, 0) is 9.47 Å².